The van der Waals surface area contributed by atoms with Gasteiger partial charge in [-0.15, -0.1) is 0 Å². The molecular weight excluding hydrogens is 167 g/mol. The predicted octanol–water partition coefficient (Wildman–Crippen LogP) is 3.52. The zero-order valence-electron chi connectivity index (χ0n) is 6.07. The lowest BCUT2D eigenvalue weighted by molar-refractivity contribution is 0.541. The molecule has 0 heterocycles. The number of allylic oxidation sites excluding steroid dienone is 4. The highest BCUT2D eigenvalue weighted by Gasteiger charge is 2.17. The van der Waals surface area contributed by atoms with Gasteiger partial charge in [0, 0.05) is 10.1 Å². The fraction of sp³-hybridized carbons (Fsp3) is 0.500. The van der Waals surface area contributed by atoms with Crippen LogP contribution in [-0.2, 0) is 0 Å². The monoisotopic (exact) mass is 176 g/mol. The van der Waals surface area contributed by atoms with Crippen LogP contribution in [-0.4, -0.2) is 0 Å². The summed E-state index contributed by atoms with van der Waals surface area (Å²) in [5, 5.41) is 1.62. The third kappa shape index (κ3) is 1.56. The SMILES string of the molecule is CC1C(Cl)=CC(Cl)=C[C@@H]1C. The van der Waals surface area contributed by atoms with Gasteiger partial charge in [-0.25, -0.2) is 0 Å². The van der Waals surface area contributed by atoms with E-state index in [0.717, 1.165) is 10.1 Å². The van der Waals surface area contributed by atoms with Crippen molar-refractivity contribution in [3.63, 3.8) is 0 Å². The van der Waals surface area contributed by atoms with Crippen LogP contribution >= 0.6 is 23.2 Å². The third-order valence-corrected chi connectivity index (χ3v) is 2.61. The molecule has 0 spiro atoms. The van der Waals surface area contributed by atoms with Crippen LogP contribution in [0.1, 0.15) is 13.8 Å². The lowest BCUT2D eigenvalue weighted by atomic mass is 9.92. The van der Waals surface area contributed by atoms with Crippen molar-refractivity contribution in [3.8, 4) is 0 Å². The summed E-state index contributed by atoms with van der Waals surface area (Å²) < 4.78 is 0. The van der Waals surface area contributed by atoms with Crippen molar-refractivity contribution in [1.82, 2.24) is 0 Å². The Hall–Kier alpha value is 0.0600. The molecule has 1 aliphatic rings. The molecule has 0 saturated heterocycles. The first-order valence-electron chi connectivity index (χ1n) is 3.35. The minimum atomic E-state index is 0.421. The first-order valence-corrected chi connectivity index (χ1v) is 4.11. The van der Waals surface area contributed by atoms with Gasteiger partial charge in [-0.2, -0.15) is 0 Å². The smallest absolute Gasteiger partial charge is 0.0380 e. The van der Waals surface area contributed by atoms with Gasteiger partial charge < -0.3 is 0 Å². The average Bonchev–Trinajstić information content (AvgIpc) is 1.82. The maximum absolute atomic E-state index is 5.89. The van der Waals surface area contributed by atoms with Crippen LogP contribution in [0.2, 0.25) is 0 Å². The highest BCUT2D eigenvalue weighted by Crippen LogP contribution is 2.31. The molecule has 0 bridgehead atoms. The molecule has 2 atom stereocenters. The van der Waals surface area contributed by atoms with Crippen molar-refractivity contribution in [2.24, 2.45) is 11.8 Å². The zero-order chi connectivity index (χ0) is 7.72. The van der Waals surface area contributed by atoms with E-state index in [4.69, 9.17) is 23.2 Å². The average molecular weight is 177 g/mol. The fourth-order valence-corrected chi connectivity index (χ4v) is 1.65. The summed E-state index contributed by atoms with van der Waals surface area (Å²) in [6.07, 6.45) is 3.84. The van der Waals surface area contributed by atoms with E-state index in [2.05, 4.69) is 13.8 Å². The van der Waals surface area contributed by atoms with Crippen molar-refractivity contribution in [2.45, 2.75) is 13.8 Å². The van der Waals surface area contributed by atoms with Gasteiger partial charge in [0.1, 0.15) is 0 Å². The number of hydrogen-bond donors (Lipinski definition) is 0. The van der Waals surface area contributed by atoms with Crippen molar-refractivity contribution in [2.75, 3.05) is 0 Å². The molecule has 0 radical (unpaired) electrons. The summed E-state index contributed by atoms with van der Waals surface area (Å²) in [5.41, 5.74) is 0. The molecule has 1 aliphatic carbocycles. The molecule has 0 N–H and O–H groups in total. The van der Waals surface area contributed by atoms with E-state index in [9.17, 15) is 0 Å². The summed E-state index contributed by atoms with van der Waals surface area (Å²) in [7, 11) is 0. The molecule has 2 heteroatoms. The van der Waals surface area contributed by atoms with Crippen molar-refractivity contribution < 1.29 is 0 Å². The molecule has 1 rings (SSSR count). The van der Waals surface area contributed by atoms with Gasteiger partial charge in [-0.1, -0.05) is 43.1 Å². The minimum absolute atomic E-state index is 0.421. The maximum atomic E-state index is 5.89. The molecule has 0 nitrogen and oxygen atoms in total. The minimum Gasteiger partial charge on any atom is -0.0888 e. The number of halogens is 2. The van der Waals surface area contributed by atoms with Crippen molar-refractivity contribution >= 4 is 23.2 Å². The fourth-order valence-electron chi connectivity index (χ4n) is 0.958. The zero-order valence-corrected chi connectivity index (χ0v) is 7.58. The molecule has 0 saturated carbocycles. The van der Waals surface area contributed by atoms with Crippen LogP contribution in [0.3, 0.4) is 0 Å². The first kappa shape index (κ1) is 8.16. The standard InChI is InChI=1S/C8H10Cl2/c1-5-3-7(9)4-8(10)6(5)2/h3-6H,1-2H3/t5-,6?/m0/s1. The van der Waals surface area contributed by atoms with Crippen molar-refractivity contribution in [3.05, 3.63) is 22.2 Å². The van der Waals surface area contributed by atoms with E-state index < -0.39 is 0 Å². The Morgan fingerprint density at radius 3 is 2.40 bits per heavy atom. The van der Waals surface area contributed by atoms with Gasteiger partial charge in [0.15, 0.2) is 0 Å². The van der Waals surface area contributed by atoms with Crippen LogP contribution in [0.4, 0.5) is 0 Å². The summed E-state index contributed by atoms with van der Waals surface area (Å²) >= 11 is 11.7. The summed E-state index contributed by atoms with van der Waals surface area (Å²) in [4.78, 5) is 0. The van der Waals surface area contributed by atoms with E-state index in [1.165, 1.54) is 0 Å². The second-order valence-corrected chi connectivity index (χ2v) is 3.60. The van der Waals surface area contributed by atoms with Gasteiger partial charge in [0.05, 0.1) is 0 Å². The van der Waals surface area contributed by atoms with Gasteiger partial charge >= 0.3 is 0 Å². The van der Waals surface area contributed by atoms with E-state index in [1.807, 2.05) is 12.2 Å². The van der Waals surface area contributed by atoms with E-state index in [1.54, 1.807) is 0 Å². The topological polar surface area (TPSA) is 0 Å². The molecule has 0 amide bonds. The van der Waals surface area contributed by atoms with Gasteiger partial charge in [-0.05, 0) is 17.9 Å². The summed E-state index contributed by atoms with van der Waals surface area (Å²) in [6, 6.07) is 0. The Kier molecular flexibility index (Phi) is 2.43. The highest BCUT2D eigenvalue weighted by molar-refractivity contribution is 6.35. The van der Waals surface area contributed by atoms with Crippen LogP contribution < -0.4 is 0 Å². The lowest BCUT2D eigenvalue weighted by Crippen LogP contribution is -2.08. The van der Waals surface area contributed by atoms with E-state index >= 15 is 0 Å². The van der Waals surface area contributed by atoms with Gasteiger partial charge in [0.25, 0.3) is 0 Å². The Labute approximate surface area is 71.5 Å². The third-order valence-electron chi connectivity index (χ3n) is 1.92. The molecule has 1 unspecified atom stereocenters. The first-order chi connectivity index (χ1) is 4.61. The van der Waals surface area contributed by atoms with Gasteiger partial charge in [-0.3, -0.25) is 0 Å². The molecule has 0 aliphatic heterocycles. The lowest BCUT2D eigenvalue weighted by Gasteiger charge is -2.19. The highest BCUT2D eigenvalue weighted by atomic mass is 35.5. The molecule has 0 aromatic rings. The second kappa shape index (κ2) is 2.98. The van der Waals surface area contributed by atoms with Gasteiger partial charge in [0.2, 0.25) is 0 Å². The molecule has 10 heavy (non-hydrogen) atoms. The Bertz CT molecular complexity index is 191. The Balaban J connectivity index is 2.85. The molecule has 56 valence electrons. The number of hydrogen-bond acceptors (Lipinski definition) is 0. The molecule has 0 aromatic carbocycles. The Morgan fingerprint density at radius 1 is 1.30 bits per heavy atom. The van der Waals surface area contributed by atoms with Crippen LogP contribution in [0, 0.1) is 11.8 Å². The predicted molar refractivity (Wildman–Crippen MR) is 46.2 cm³/mol. The van der Waals surface area contributed by atoms with Crippen LogP contribution in [0.25, 0.3) is 0 Å². The Morgan fingerprint density at radius 2 is 1.90 bits per heavy atom. The summed E-state index contributed by atoms with van der Waals surface area (Å²) in [5.74, 6) is 0.883. The quantitative estimate of drug-likeness (QED) is 0.531. The molecule has 0 aromatic heterocycles. The van der Waals surface area contributed by atoms with Crippen molar-refractivity contribution in [1.29, 1.82) is 0 Å². The normalized spacial score (nSPS) is 33.2. The number of rotatable bonds is 0. The van der Waals surface area contributed by atoms with Crippen LogP contribution in [0.5, 0.6) is 0 Å². The van der Waals surface area contributed by atoms with E-state index in [0.29, 0.717) is 11.8 Å². The molecule has 0 fully saturated rings. The molecular formula is C8H10Cl2. The van der Waals surface area contributed by atoms with E-state index in [-0.39, 0.29) is 0 Å². The second-order valence-electron chi connectivity index (χ2n) is 2.73. The maximum Gasteiger partial charge on any atom is 0.0380 e. The summed E-state index contributed by atoms with van der Waals surface area (Å²) in [6.45, 7) is 4.21. The van der Waals surface area contributed by atoms with Crippen LogP contribution in [0.15, 0.2) is 22.2 Å². The largest absolute Gasteiger partial charge is 0.0888 e.